The van der Waals surface area contributed by atoms with Crippen LogP contribution >= 0.6 is 0 Å². The van der Waals surface area contributed by atoms with Crippen molar-refractivity contribution in [2.75, 3.05) is 5.43 Å². The number of pyridine rings is 1. The third-order valence-electron chi connectivity index (χ3n) is 2.76. The van der Waals surface area contributed by atoms with E-state index in [4.69, 9.17) is 5.11 Å². The molecule has 0 saturated carbocycles. The Kier molecular flexibility index (Phi) is 3.32. The number of hydrogen-bond acceptors (Lipinski definition) is 3. The molecule has 94 valence electrons. The Morgan fingerprint density at radius 1 is 1.28 bits per heavy atom. The zero-order valence-corrected chi connectivity index (χ0v) is 10.3. The number of aromatic nitrogens is 2. The van der Waals surface area contributed by atoms with Crippen LogP contribution in [0.5, 0.6) is 0 Å². The van der Waals surface area contributed by atoms with Crippen LogP contribution in [0, 0.1) is 13.8 Å². The van der Waals surface area contributed by atoms with Gasteiger partial charge in [0.1, 0.15) is 0 Å². The number of rotatable bonds is 4. The van der Waals surface area contributed by atoms with Crippen molar-refractivity contribution in [3.8, 4) is 0 Å². The van der Waals surface area contributed by atoms with E-state index >= 15 is 0 Å². The van der Waals surface area contributed by atoms with E-state index in [9.17, 15) is 4.79 Å². The minimum Gasteiger partial charge on any atom is -0.478 e. The van der Waals surface area contributed by atoms with Gasteiger partial charge in [-0.2, -0.15) is 0 Å². The first-order valence-electron chi connectivity index (χ1n) is 5.65. The van der Waals surface area contributed by atoms with Crippen LogP contribution in [-0.4, -0.2) is 20.7 Å². The van der Waals surface area contributed by atoms with Gasteiger partial charge < -0.3 is 10.5 Å². The van der Waals surface area contributed by atoms with Gasteiger partial charge in [-0.1, -0.05) is 0 Å². The predicted molar refractivity (Wildman–Crippen MR) is 68.2 cm³/mol. The van der Waals surface area contributed by atoms with Crippen molar-refractivity contribution in [1.29, 1.82) is 0 Å². The van der Waals surface area contributed by atoms with E-state index in [0.717, 1.165) is 17.1 Å². The molecule has 0 radical (unpaired) electrons. The van der Waals surface area contributed by atoms with E-state index in [1.54, 1.807) is 12.1 Å². The van der Waals surface area contributed by atoms with Crippen LogP contribution in [0.2, 0.25) is 0 Å². The smallest absolute Gasteiger partial charge is 0.337 e. The molecule has 0 saturated heterocycles. The molecule has 0 aliphatic carbocycles. The molecule has 0 amide bonds. The lowest BCUT2D eigenvalue weighted by Gasteiger charge is -2.12. The maximum atomic E-state index is 10.7. The van der Waals surface area contributed by atoms with E-state index < -0.39 is 5.97 Å². The monoisotopic (exact) mass is 245 g/mol. The highest BCUT2D eigenvalue weighted by molar-refractivity contribution is 5.87. The highest BCUT2D eigenvalue weighted by Gasteiger charge is 2.04. The Bertz CT molecular complexity index is 539. The molecule has 5 heteroatoms. The number of aromatic carboxylic acids is 1. The second-order valence-electron chi connectivity index (χ2n) is 4.13. The lowest BCUT2D eigenvalue weighted by Crippen LogP contribution is -2.17. The molecule has 18 heavy (non-hydrogen) atoms. The summed E-state index contributed by atoms with van der Waals surface area (Å²) in [5.74, 6) is -0.959. The van der Waals surface area contributed by atoms with Gasteiger partial charge in [-0.05, 0) is 38.1 Å². The minimum atomic E-state index is -0.959. The summed E-state index contributed by atoms with van der Waals surface area (Å²) in [7, 11) is 0. The summed E-state index contributed by atoms with van der Waals surface area (Å²) in [5.41, 5.74) is 6.47. The van der Waals surface area contributed by atoms with Crippen molar-refractivity contribution in [1.82, 2.24) is 9.66 Å². The normalized spacial score (nSPS) is 10.3. The summed E-state index contributed by atoms with van der Waals surface area (Å²) in [6.07, 6.45) is 1.37. The average Bonchev–Trinajstić information content (AvgIpc) is 2.67. The molecule has 0 aliphatic rings. The molecule has 0 unspecified atom stereocenters. The number of nitrogens with one attached hydrogen (secondary N) is 1. The van der Waals surface area contributed by atoms with Crippen molar-refractivity contribution in [3.05, 3.63) is 53.1 Å². The summed E-state index contributed by atoms with van der Waals surface area (Å²) in [4.78, 5) is 14.8. The van der Waals surface area contributed by atoms with Crippen molar-refractivity contribution in [2.45, 2.75) is 20.4 Å². The van der Waals surface area contributed by atoms with Gasteiger partial charge in [0.15, 0.2) is 0 Å². The SMILES string of the molecule is Cc1ccc(C)n1NCc1ccc(C(=O)O)cn1. The summed E-state index contributed by atoms with van der Waals surface area (Å²) in [6.45, 7) is 4.58. The highest BCUT2D eigenvalue weighted by atomic mass is 16.4. The number of carboxylic acids is 1. The van der Waals surface area contributed by atoms with Gasteiger partial charge in [0.05, 0.1) is 17.8 Å². The maximum Gasteiger partial charge on any atom is 0.337 e. The van der Waals surface area contributed by atoms with Crippen LogP contribution in [0.1, 0.15) is 27.4 Å². The summed E-state index contributed by atoms with van der Waals surface area (Å²) in [6, 6.07) is 7.33. The Labute approximate surface area is 105 Å². The zero-order chi connectivity index (χ0) is 13.1. The molecule has 2 N–H and O–H groups in total. The van der Waals surface area contributed by atoms with Crippen molar-refractivity contribution < 1.29 is 9.90 Å². The topological polar surface area (TPSA) is 67.2 Å². The van der Waals surface area contributed by atoms with Crippen LogP contribution in [0.4, 0.5) is 0 Å². The van der Waals surface area contributed by atoms with Crippen LogP contribution in [0.15, 0.2) is 30.5 Å². The molecule has 0 fully saturated rings. The number of hydrogen-bond donors (Lipinski definition) is 2. The van der Waals surface area contributed by atoms with Crippen LogP contribution in [0.3, 0.4) is 0 Å². The van der Waals surface area contributed by atoms with E-state index in [1.165, 1.54) is 6.20 Å². The second kappa shape index (κ2) is 4.91. The number of nitrogens with zero attached hydrogens (tertiary/aromatic N) is 2. The number of carboxylic acid groups (broad SMARTS) is 1. The largest absolute Gasteiger partial charge is 0.478 e. The van der Waals surface area contributed by atoms with Gasteiger partial charge in [0.2, 0.25) is 0 Å². The fourth-order valence-electron chi connectivity index (χ4n) is 1.73. The molecule has 5 nitrogen and oxygen atoms in total. The van der Waals surface area contributed by atoms with Crippen molar-refractivity contribution in [3.63, 3.8) is 0 Å². The fraction of sp³-hybridized carbons (Fsp3) is 0.231. The summed E-state index contributed by atoms with van der Waals surface area (Å²) >= 11 is 0. The molecule has 0 bridgehead atoms. The Balaban J connectivity index is 2.04. The quantitative estimate of drug-likeness (QED) is 0.863. The number of aryl methyl sites for hydroxylation is 2. The first-order valence-corrected chi connectivity index (χ1v) is 5.65. The maximum absolute atomic E-state index is 10.7. The standard InChI is InChI=1S/C13H15N3O2/c1-9-3-4-10(2)16(9)15-8-12-6-5-11(7-14-12)13(17)18/h3-7,15H,8H2,1-2H3,(H,17,18). The third kappa shape index (κ3) is 2.51. The van der Waals surface area contributed by atoms with E-state index in [2.05, 4.69) is 10.4 Å². The summed E-state index contributed by atoms with van der Waals surface area (Å²) < 4.78 is 1.98. The first kappa shape index (κ1) is 12.2. The van der Waals surface area contributed by atoms with Crippen LogP contribution in [-0.2, 0) is 6.54 Å². The first-order chi connectivity index (χ1) is 8.58. The Morgan fingerprint density at radius 2 is 1.94 bits per heavy atom. The molecule has 0 atom stereocenters. The van der Waals surface area contributed by atoms with E-state index in [-0.39, 0.29) is 5.56 Å². The van der Waals surface area contributed by atoms with Gasteiger partial charge in [-0.25, -0.2) is 4.79 Å². The van der Waals surface area contributed by atoms with Crippen LogP contribution < -0.4 is 5.43 Å². The predicted octanol–water partition coefficient (Wildman–Crippen LogP) is 1.94. The Hall–Kier alpha value is -2.30. The molecule has 2 heterocycles. The minimum absolute atomic E-state index is 0.201. The van der Waals surface area contributed by atoms with Gasteiger partial charge >= 0.3 is 5.97 Å². The van der Waals surface area contributed by atoms with E-state index in [1.807, 2.05) is 30.7 Å². The number of carbonyl (C=O) groups is 1. The van der Waals surface area contributed by atoms with Gasteiger partial charge in [0, 0.05) is 17.6 Å². The molecule has 0 spiro atoms. The molecular weight excluding hydrogens is 230 g/mol. The Morgan fingerprint density at radius 3 is 2.44 bits per heavy atom. The highest BCUT2D eigenvalue weighted by Crippen LogP contribution is 2.06. The lowest BCUT2D eigenvalue weighted by molar-refractivity contribution is 0.0696. The van der Waals surface area contributed by atoms with Crippen LogP contribution in [0.25, 0.3) is 0 Å². The summed E-state index contributed by atoms with van der Waals surface area (Å²) in [5, 5.41) is 8.77. The van der Waals surface area contributed by atoms with Gasteiger partial charge in [-0.15, -0.1) is 0 Å². The molecule has 2 rings (SSSR count). The van der Waals surface area contributed by atoms with Crippen molar-refractivity contribution in [2.24, 2.45) is 0 Å². The molecule has 0 aliphatic heterocycles. The van der Waals surface area contributed by atoms with Crippen molar-refractivity contribution >= 4 is 5.97 Å². The van der Waals surface area contributed by atoms with Gasteiger partial charge in [-0.3, -0.25) is 9.66 Å². The van der Waals surface area contributed by atoms with E-state index in [0.29, 0.717) is 6.54 Å². The van der Waals surface area contributed by atoms with Gasteiger partial charge in [0.25, 0.3) is 0 Å². The second-order valence-corrected chi connectivity index (χ2v) is 4.13. The average molecular weight is 245 g/mol. The zero-order valence-electron chi connectivity index (χ0n) is 10.3. The molecule has 2 aromatic rings. The fourth-order valence-corrected chi connectivity index (χ4v) is 1.73. The lowest BCUT2D eigenvalue weighted by atomic mass is 10.2. The molecule has 0 aromatic carbocycles. The molecule has 2 aromatic heterocycles. The third-order valence-corrected chi connectivity index (χ3v) is 2.76. The molecular formula is C13H15N3O2.